The number of benzene rings is 3. The maximum atomic E-state index is 5.47. The molecule has 0 radical (unpaired) electrons. The Bertz CT molecular complexity index is 1220. The topological polar surface area (TPSA) is 38.9 Å². The van der Waals surface area contributed by atoms with E-state index in [4.69, 9.17) is 4.52 Å². The highest BCUT2D eigenvalue weighted by Crippen LogP contribution is 2.24. The molecular weight excluding hydrogens is 452 g/mol. The summed E-state index contributed by atoms with van der Waals surface area (Å²) >= 11 is 0. The molecule has 0 spiro atoms. The molecule has 0 unspecified atom stereocenters. The van der Waals surface area contributed by atoms with Crippen molar-refractivity contribution in [3.8, 4) is 22.5 Å². The third-order valence-corrected chi connectivity index (χ3v) is 6.91. The van der Waals surface area contributed by atoms with Crippen molar-refractivity contribution in [2.75, 3.05) is 0 Å². The second-order valence-corrected chi connectivity index (χ2v) is 9.93. The molecule has 0 aliphatic rings. The Morgan fingerprint density at radius 2 is 1.08 bits per heavy atom. The van der Waals surface area contributed by atoms with Gasteiger partial charge >= 0.3 is 0 Å². The molecule has 0 atom stereocenters. The molecule has 1 heterocycles. The Morgan fingerprint density at radius 3 is 1.73 bits per heavy atom. The van der Waals surface area contributed by atoms with E-state index in [0.717, 1.165) is 24.0 Å². The lowest BCUT2D eigenvalue weighted by Crippen LogP contribution is -1.86. The normalized spacial score (nSPS) is 11.4. The molecule has 0 saturated heterocycles. The minimum Gasteiger partial charge on any atom is -0.334 e. The lowest BCUT2D eigenvalue weighted by Gasteiger charge is -2.05. The molecule has 0 N–H and O–H groups in total. The molecule has 3 nitrogen and oxygen atoms in total. The van der Waals surface area contributed by atoms with Crippen molar-refractivity contribution in [3.63, 3.8) is 0 Å². The molecule has 37 heavy (non-hydrogen) atoms. The van der Waals surface area contributed by atoms with E-state index in [1.165, 1.54) is 73.6 Å². The highest BCUT2D eigenvalue weighted by atomic mass is 16.5. The molecule has 4 aromatic rings. The van der Waals surface area contributed by atoms with E-state index >= 15 is 0 Å². The predicted octanol–water partition coefficient (Wildman–Crippen LogP) is 9.82. The Morgan fingerprint density at radius 1 is 0.568 bits per heavy atom. The quantitative estimate of drug-likeness (QED) is 0.164. The van der Waals surface area contributed by atoms with Crippen LogP contribution in [-0.4, -0.2) is 10.1 Å². The van der Waals surface area contributed by atoms with Gasteiger partial charge in [-0.05, 0) is 59.6 Å². The second kappa shape index (κ2) is 14.3. The lowest BCUT2D eigenvalue weighted by molar-refractivity contribution is 0.411. The van der Waals surface area contributed by atoms with Gasteiger partial charge in [-0.2, -0.15) is 4.98 Å². The third-order valence-electron chi connectivity index (χ3n) is 6.91. The van der Waals surface area contributed by atoms with Crippen LogP contribution in [-0.2, 0) is 12.8 Å². The van der Waals surface area contributed by atoms with Gasteiger partial charge in [0.2, 0.25) is 5.82 Å². The SMILES string of the molecule is CCCCCCCc1ccc(/C=C/c2nc(-c3ccc(-c4ccc(CCCCC)cc4)cc3)no2)cc1. The van der Waals surface area contributed by atoms with E-state index in [2.05, 4.69) is 96.8 Å². The van der Waals surface area contributed by atoms with Gasteiger partial charge in [0.25, 0.3) is 5.89 Å². The first kappa shape index (κ1) is 26.6. The molecule has 0 bridgehead atoms. The number of aromatic nitrogens is 2. The van der Waals surface area contributed by atoms with Crippen LogP contribution in [0.2, 0.25) is 0 Å². The van der Waals surface area contributed by atoms with Gasteiger partial charge in [0.15, 0.2) is 0 Å². The number of hydrogen-bond acceptors (Lipinski definition) is 3. The van der Waals surface area contributed by atoms with E-state index in [-0.39, 0.29) is 0 Å². The van der Waals surface area contributed by atoms with Crippen molar-refractivity contribution >= 4 is 12.2 Å². The standard InChI is InChI=1S/C34H40N2O/c1-3-5-7-8-10-12-27-13-15-29(16-14-27)19-26-33-35-34(36-37-33)32-24-22-31(23-25-32)30-20-17-28(18-21-30)11-9-6-4-2/h13-26H,3-12H2,1-2H3/b26-19+. The average Bonchev–Trinajstić information content (AvgIpc) is 3.42. The van der Waals surface area contributed by atoms with Gasteiger partial charge in [-0.15, -0.1) is 0 Å². The maximum Gasteiger partial charge on any atom is 0.250 e. The molecule has 3 aromatic carbocycles. The van der Waals surface area contributed by atoms with Gasteiger partial charge in [-0.1, -0.05) is 130 Å². The zero-order chi connectivity index (χ0) is 25.7. The van der Waals surface area contributed by atoms with Crippen molar-refractivity contribution in [2.24, 2.45) is 0 Å². The molecule has 0 aliphatic heterocycles. The van der Waals surface area contributed by atoms with Crippen LogP contribution in [0.1, 0.15) is 87.8 Å². The van der Waals surface area contributed by atoms with Crippen molar-refractivity contribution in [2.45, 2.75) is 78.1 Å². The summed E-state index contributed by atoms with van der Waals surface area (Å²) < 4.78 is 5.47. The average molecular weight is 493 g/mol. The smallest absolute Gasteiger partial charge is 0.250 e. The number of aryl methyl sites for hydroxylation is 2. The van der Waals surface area contributed by atoms with Crippen molar-refractivity contribution in [1.29, 1.82) is 0 Å². The summed E-state index contributed by atoms with van der Waals surface area (Å²) in [4.78, 5) is 4.56. The minimum absolute atomic E-state index is 0.512. The summed E-state index contributed by atoms with van der Waals surface area (Å²) in [7, 11) is 0. The van der Waals surface area contributed by atoms with Crippen LogP contribution < -0.4 is 0 Å². The van der Waals surface area contributed by atoms with Crippen molar-refractivity contribution < 1.29 is 4.52 Å². The van der Waals surface area contributed by atoms with Crippen LogP contribution in [0.25, 0.3) is 34.7 Å². The summed E-state index contributed by atoms with van der Waals surface area (Å²) in [5, 5.41) is 4.18. The van der Waals surface area contributed by atoms with Crippen LogP contribution in [0.3, 0.4) is 0 Å². The van der Waals surface area contributed by atoms with Crippen LogP contribution in [0.5, 0.6) is 0 Å². The first-order valence-corrected chi connectivity index (χ1v) is 14.1. The van der Waals surface area contributed by atoms with Crippen LogP contribution in [0.4, 0.5) is 0 Å². The summed E-state index contributed by atoms with van der Waals surface area (Å²) in [6, 6.07) is 26.1. The summed E-state index contributed by atoms with van der Waals surface area (Å²) in [5.74, 6) is 1.12. The minimum atomic E-state index is 0.512. The maximum absolute atomic E-state index is 5.47. The predicted molar refractivity (Wildman–Crippen MR) is 156 cm³/mol. The van der Waals surface area contributed by atoms with E-state index in [0.29, 0.717) is 11.7 Å². The van der Waals surface area contributed by atoms with Crippen LogP contribution in [0.15, 0.2) is 77.3 Å². The lowest BCUT2D eigenvalue weighted by atomic mass is 10.0. The van der Waals surface area contributed by atoms with E-state index in [1.807, 2.05) is 12.2 Å². The molecule has 0 amide bonds. The largest absolute Gasteiger partial charge is 0.334 e. The fraction of sp³-hybridized carbons (Fsp3) is 0.353. The molecular formula is C34H40N2O. The first-order chi connectivity index (χ1) is 18.2. The van der Waals surface area contributed by atoms with Gasteiger partial charge in [0.1, 0.15) is 0 Å². The third kappa shape index (κ3) is 8.28. The highest BCUT2D eigenvalue weighted by Gasteiger charge is 2.07. The molecule has 4 rings (SSSR count). The van der Waals surface area contributed by atoms with Gasteiger partial charge in [0.05, 0.1) is 0 Å². The zero-order valence-electron chi connectivity index (χ0n) is 22.5. The zero-order valence-corrected chi connectivity index (χ0v) is 22.5. The fourth-order valence-corrected chi connectivity index (χ4v) is 4.57. The van der Waals surface area contributed by atoms with E-state index < -0.39 is 0 Å². The fourth-order valence-electron chi connectivity index (χ4n) is 4.57. The van der Waals surface area contributed by atoms with Crippen LogP contribution in [0, 0.1) is 0 Å². The highest BCUT2D eigenvalue weighted by molar-refractivity contribution is 5.69. The molecule has 1 aromatic heterocycles. The molecule has 3 heteroatoms. The number of unbranched alkanes of at least 4 members (excludes halogenated alkanes) is 6. The van der Waals surface area contributed by atoms with Gasteiger partial charge in [-0.25, -0.2) is 0 Å². The Labute approximate surface area is 222 Å². The molecule has 192 valence electrons. The van der Waals surface area contributed by atoms with Crippen molar-refractivity contribution in [3.05, 3.63) is 95.4 Å². The molecule has 0 saturated carbocycles. The van der Waals surface area contributed by atoms with E-state index in [1.54, 1.807) is 0 Å². The number of nitrogens with zero attached hydrogens (tertiary/aromatic N) is 2. The Kier molecular flexibility index (Phi) is 10.3. The van der Waals surface area contributed by atoms with Gasteiger partial charge < -0.3 is 4.52 Å². The van der Waals surface area contributed by atoms with Gasteiger partial charge in [-0.3, -0.25) is 0 Å². The Balaban J connectivity index is 1.31. The Hall–Kier alpha value is -3.46. The summed E-state index contributed by atoms with van der Waals surface area (Å²) in [6.07, 6.45) is 16.6. The number of hydrogen-bond donors (Lipinski definition) is 0. The van der Waals surface area contributed by atoms with Gasteiger partial charge in [0, 0.05) is 11.6 Å². The van der Waals surface area contributed by atoms with Crippen molar-refractivity contribution in [1.82, 2.24) is 10.1 Å². The summed E-state index contributed by atoms with van der Waals surface area (Å²) in [5.41, 5.74) is 7.32. The second-order valence-electron chi connectivity index (χ2n) is 9.93. The van der Waals surface area contributed by atoms with Crippen LogP contribution >= 0.6 is 0 Å². The molecule has 0 fully saturated rings. The first-order valence-electron chi connectivity index (χ1n) is 14.1. The summed E-state index contributed by atoms with van der Waals surface area (Å²) in [6.45, 7) is 4.50. The molecule has 0 aliphatic carbocycles. The monoisotopic (exact) mass is 492 g/mol. The number of rotatable bonds is 14. The van der Waals surface area contributed by atoms with E-state index in [9.17, 15) is 0 Å².